The molecule has 134 valence electrons. The molecule has 0 aliphatic heterocycles. The van der Waals surface area contributed by atoms with Gasteiger partial charge in [0.25, 0.3) is 5.91 Å². The summed E-state index contributed by atoms with van der Waals surface area (Å²) < 4.78 is 1.51. The lowest BCUT2D eigenvalue weighted by Gasteiger charge is -2.10. The van der Waals surface area contributed by atoms with Crippen LogP contribution in [-0.2, 0) is 4.79 Å². The van der Waals surface area contributed by atoms with Crippen LogP contribution in [0.25, 0.3) is 10.9 Å². The van der Waals surface area contributed by atoms with Gasteiger partial charge >= 0.3 is 0 Å². The van der Waals surface area contributed by atoms with Crippen LogP contribution in [0.5, 0.6) is 5.75 Å². The Hall–Kier alpha value is -2.79. The van der Waals surface area contributed by atoms with Crippen molar-refractivity contribution in [1.82, 2.24) is 4.57 Å². The highest BCUT2D eigenvalue weighted by atomic mass is 35.5. The highest BCUT2D eigenvalue weighted by molar-refractivity contribution is 6.33. The van der Waals surface area contributed by atoms with Crippen LogP contribution in [0.15, 0.2) is 36.4 Å². The number of amides is 1. The minimum absolute atomic E-state index is 0.114. The number of rotatable bonds is 3. The summed E-state index contributed by atoms with van der Waals surface area (Å²) in [6.45, 7) is 5.38. The van der Waals surface area contributed by atoms with E-state index in [2.05, 4.69) is 0 Å². The molecule has 0 saturated carbocycles. The fraction of sp³-hybridized carbons (Fsp3) is 0.200. The van der Waals surface area contributed by atoms with Crippen molar-refractivity contribution in [3.63, 3.8) is 0 Å². The number of benzene rings is 2. The van der Waals surface area contributed by atoms with Gasteiger partial charge in [-0.15, -0.1) is 0 Å². The molecule has 3 rings (SSSR count). The number of aromatic hydroxyl groups is 1. The van der Waals surface area contributed by atoms with Gasteiger partial charge in [-0.1, -0.05) is 29.3 Å². The van der Waals surface area contributed by atoms with Crippen LogP contribution in [0.2, 0.25) is 5.02 Å². The molecule has 0 fully saturated rings. The Morgan fingerprint density at radius 3 is 2.35 bits per heavy atom. The number of halogens is 1. The Bertz CT molecular complexity index is 1040. The van der Waals surface area contributed by atoms with Gasteiger partial charge in [-0.25, -0.2) is 0 Å². The van der Waals surface area contributed by atoms with Crippen molar-refractivity contribution in [3.8, 4) is 5.75 Å². The van der Waals surface area contributed by atoms with Crippen molar-refractivity contribution in [3.05, 3.63) is 63.8 Å². The number of carbonyl (C=O) groups is 2. The fourth-order valence-corrected chi connectivity index (χ4v) is 3.38. The number of primary amides is 1. The Kier molecular flexibility index (Phi) is 4.50. The number of carbonyl (C=O) groups excluding carboxylic acids is 2. The summed E-state index contributed by atoms with van der Waals surface area (Å²) in [6, 6.07) is 10.2. The molecule has 1 atom stereocenters. The van der Waals surface area contributed by atoms with Gasteiger partial charge in [0.05, 0.1) is 16.5 Å². The van der Waals surface area contributed by atoms with Crippen LogP contribution in [0, 0.1) is 13.8 Å². The van der Waals surface area contributed by atoms with E-state index in [1.807, 2.05) is 19.1 Å². The molecule has 3 N–H and O–H groups in total. The topological polar surface area (TPSA) is 85.3 Å². The first-order valence-electron chi connectivity index (χ1n) is 8.16. The second kappa shape index (κ2) is 6.50. The number of aromatic nitrogens is 1. The number of hydrogen-bond donors (Lipinski definition) is 2. The van der Waals surface area contributed by atoms with E-state index in [0.29, 0.717) is 27.7 Å². The minimum atomic E-state index is -0.620. The molecule has 0 radical (unpaired) electrons. The third kappa shape index (κ3) is 2.84. The van der Waals surface area contributed by atoms with Crippen molar-refractivity contribution >= 4 is 34.3 Å². The molecule has 1 amide bonds. The highest BCUT2D eigenvalue weighted by Crippen LogP contribution is 2.37. The lowest BCUT2D eigenvalue weighted by atomic mass is 9.97. The number of fused-ring (bicyclic) bond motifs is 1. The lowest BCUT2D eigenvalue weighted by Crippen LogP contribution is -2.20. The largest absolute Gasteiger partial charge is 0.506 e. The van der Waals surface area contributed by atoms with Crippen LogP contribution in [0.4, 0.5) is 0 Å². The first kappa shape index (κ1) is 18.0. The molecule has 0 bridgehead atoms. The number of phenolic OH excluding ortho intramolecular Hbond substituents is 1. The van der Waals surface area contributed by atoms with Gasteiger partial charge in [-0.3, -0.25) is 14.2 Å². The summed E-state index contributed by atoms with van der Waals surface area (Å²) >= 11 is 6.07. The summed E-state index contributed by atoms with van der Waals surface area (Å²) in [6.07, 6.45) is 0. The summed E-state index contributed by atoms with van der Waals surface area (Å²) in [5, 5.41) is 10.7. The van der Waals surface area contributed by atoms with Gasteiger partial charge < -0.3 is 10.8 Å². The predicted octanol–water partition coefficient (Wildman–Crippen LogP) is 3.89. The summed E-state index contributed by atoms with van der Waals surface area (Å²) in [5.41, 5.74) is 8.78. The second-order valence-corrected chi connectivity index (χ2v) is 6.86. The van der Waals surface area contributed by atoms with E-state index in [0.717, 1.165) is 5.56 Å². The van der Waals surface area contributed by atoms with Crippen molar-refractivity contribution in [2.24, 2.45) is 5.73 Å². The smallest absolute Gasteiger partial charge is 0.262 e. The Morgan fingerprint density at radius 1 is 1.15 bits per heavy atom. The number of phenols is 1. The molecule has 1 unspecified atom stereocenters. The molecule has 5 nitrogen and oxygen atoms in total. The van der Waals surface area contributed by atoms with Crippen LogP contribution in [-0.4, -0.2) is 21.5 Å². The number of hydrogen-bond acceptors (Lipinski definition) is 3. The van der Waals surface area contributed by atoms with Crippen LogP contribution >= 0.6 is 11.6 Å². The first-order valence-corrected chi connectivity index (χ1v) is 8.54. The number of nitrogens with zero attached hydrogens (tertiary/aromatic N) is 1. The van der Waals surface area contributed by atoms with Gasteiger partial charge in [0.15, 0.2) is 0 Å². The van der Waals surface area contributed by atoms with E-state index in [4.69, 9.17) is 17.3 Å². The van der Waals surface area contributed by atoms with Gasteiger partial charge in [-0.05, 0) is 50.6 Å². The van der Waals surface area contributed by atoms with Crippen LogP contribution < -0.4 is 5.73 Å². The quantitative estimate of drug-likeness (QED) is 0.733. The zero-order valence-corrected chi connectivity index (χ0v) is 15.5. The normalized spacial score (nSPS) is 12.3. The van der Waals surface area contributed by atoms with E-state index < -0.39 is 11.8 Å². The van der Waals surface area contributed by atoms with Crippen molar-refractivity contribution in [2.45, 2.75) is 26.7 Å². The maximum absolute atomic E-state index is 13.1. The highest BCUT2D eigenvalue weighted by Gasteiger charge is 2.26. The van der Waals surface area contributed by atoms with E-state index >= 15 is 0 Å². The van der Waals surface area contributed by atoms with Gasteiger partial charge in [0.2, 0.25) is 5.91 Å². The third-order valence-electron chi connectivity index (χ3n) is 4.68. The Morgan fingerprint density at radius 2 is 1.77 bits per heavy atom. The summed E-state index contributed by atoms with van der Waals surface area (Å²) in [7, 11) is 0. The van der Waals surface area contributed by atoms with Crippen molar-refractivity contribution in [1.29, 1.82) is 0 Å². The SMILES string of the molecule is Cc1ccc(C(=O)n2c(C)c(C(C)C(N)=O)c3cc(O)c(Cl)cc32)cc1. The second-order valence-electron chi connectivity index (χ2n) is 6.45. The standard InChI is InChI=1S/C20H19ClN2O3/c1-10-4-6-13(7-5-10)20(26)23-12(3)18(11(2)19(22)25)14-8-17(24)15(21)9-16(14)23/h4-9,11,24H,1-3H3,(H2,22,25). The number of nitrogens with two attached hydrogens (primary N) is 1. The average molecular weight is 371 g/mol. The molecule has 2 aromatic carbocycles. The maximum Gasteiger partial charge on any atom is 0.262 e. The Balaban J connectivity index is 2.33. The molecule has 1 aromatic heterocycles. The third-order valence-corrected chi connectivity index (χ3v) is 4.99. The molecule has 26 heavy (non-hydrogen) atoms. The molecule has 0 aliphatic rings. The molecule has 6 heteroatoms. The Labute approximate surface area is 156 Å². The zero-order chi connectivity index (χ0) is 19.2. The summed E-state index contributed by atoms with van der Waals surface area (Å²) in [4.78, 5) is 24.9. The van der Waals surface area contributed by atoms with E-state index in [1.165, 1.54) is 16.7 Å². The minimum Gasteiger partial charge on any atom is -0.506 e. The molecule has 0 saturated heterocycles. The van der Waals surface area contributed by atoms with Gasteiger partial charge in [-0.2, -0.15) is 0 Å². The lowest BCUT2D eigenvalue weighted by molar-refractivity contribution is -0.119. The monoisotopic (exact) mass is 370 g/mol. The van der Waals surface area contributed by atoms with Crippen LogP contribution in [0.1, 0.15) is 40.0 Å². The predicted molar refractivity (Wildman–Crippen MR) is 102 cm³/mol. The number of aryl methyl sites for hydroxylation is 1. The maximum atomic E-state index is 13.1. The summed E-state index contributed by atoms with van der Waals surface area (Å²) in [5.74, 6) is -1.48. The van der Waals surface area contributed by atoms with E-state index in [9.17, 15) is 14.7 Å². The fourth-order valence-electron chi connectivity index (χ4n) is 3.22. The molecule has 1 heterocycles. The van der Waals surface area contributed by atoms with E-state index in [-0.39, 0.29) is 16.7 Å². The molecular formula is C20H19ClN2O3. The molecule has 0 spiro atoms. The molecular weight excluding hydrogens is 352 g/mol. The zero-order valence-electron chi connectivity index (χ0n) is 14.7. The van der Waals surface area contributed by atoms with Gasteiger partial charge in [0.1, 0.15) is 5.75 Å². The van der Waals surface area contributed by atoms with Crippen LogP contribution in [0.3, 0.4) is 0 Å². The van der Waals surface area contributed by atoms with Gasteiger partial charge in [0, 0.05) is 16.6 Å². The van der Waals surface area contributed by atoms with Crippen molar-refractivity contribution < 1.29 is 14.7 Å². The first-order chi connectivity index (χ1) is 12.2. The average Bonchev–Trinajstić information content (AvgIpc) is 2.85. The van der Waals surface area contributed by atoms with E-state index in [1.54, 1.807) is 26.0 Å². The molecule has 0 aliphatic carbocycles. The molecule has 3 aromatic rings. The van der Waals surface area contributed by atoms with Crippen molar-refractivity contribution in [2.75, 3.05) is 0 Å².